The Balaban J connectivity index is 1.11. The standard InChI is InChI=1S/C56H35N3S/c1-4-15-36(16-5-1)41-30-31-42(54-45(41)21-14-32-57-54)39-26-28-43-44-29-27-40(51-35-50(37-17-6-2-7-18-37)58-55(59-51)38-19-8-3-9-20-38)34-49(44)56(48(43)33-39)46-22-10-12-24-52(46)60-53-25-13-11-23-47(53)56/h1-35H. The van der Waals surface area contributed by atoms with Crippen molar-refractivity contribution in [2.75, 3.05) is 0 Å². The molecular formula is C56H35N3S. The van der Waals surface area contributed by atoms with Crippen LogP contribution < -0.4 is 0 Å². The number of hydrogen-bond acceptors (Lipinski definition) is 4. The second-order valence-corrected chi connectivity index (χ2v) is 16.6. The monoisotopic (exact) mass is 781 g/mol. The third kappa shape index (κ3) is 5.35. The molecule has 0 saturated carbocycles. The fraction of sp³-hybridized carbons (Fsp3) is 0.0179. The first-order valence-corrected chi connectivity index (χ1v) is 21.2. The molecule has 0 N–H and O–H groups in total. The van der Waals surface area contributed by atoms with Crippen LogP contribution in [0.2, 0.25) is 0 Å². The second kappa shape index (κ2) is 13.9. The Bertz CT molecular complexity index is 3190. The molecule has 0 fully saturated rings. The number of benzene rings is 8. The van der Waals surface area contributed by atoms with Gasteiger partial charge in [-0.1, -0.05) is 182 Å². The summed E-state index contributed by atoms with van der Waals surface area (Å²) >= 11 is 1.86. The molecule has 0 atom stereocenters. The summed E-state index contributed by atoms with van der Waals surface area (Å²) in [5.41, 5.74) is 17.5. The first-order chi connectivity index (χ1) is 29.7. The van der Waals surface area contributed by atoms with E-state index in [0.717, 1.165) is 50.1 Å². The highest BCUT2D eigenvalue weighted by Crippen LogP contribution is 2.63. The van der Waals surface area contributed by atoms with Gasteiger partial charge in [0.05, 0.1) is 22.3 Å². The van der Waals surface area contributed by atoms with Gasteiger partial charge in [-0.15, -0.1) is 0 Å². The van der Waals surface area contributed by atoms with Crippen LogP contribution in [-0.2, 0) is 5.41 Å². The van der Waals surface area contributed by atoms with Crippen molar-refractivity contribution in [3.05, 3.63) is 235 Å². The van der Waals surface area contributed by atoms with E-state index in [1.165, 1.54) is 54.3 Å². The number of hydrogen-bond donors (Lipinski definition) is 0. The maximum absolute atomic E-state index is 5.29. The van der Waals surface area contributed by atoms with E-state index in [-0.39, 0.29) is 0 Å². The largest absolute Gasteiger partial charge is 0.256 e. The first-order valence-electron chi connectivity index (χ1n) is 20.3. The predicted octanol–water partition coefficient (Wildman–Crippen LogP) is 14.2. The lowest BCUT2D eigenvalue weighted by atomic mass is 9.67. The van der Waals surface area contributed by atoms with Crippen LogP contribution in [0.3, 0.4) is 0 Å². The molecule has 0 radical (unpaired) electrons. The Hall–Kier alpha value is -7.40. The molecule has 1 aliphatic carbocycles. The van der Waals surface area contributed by atoms with Gasteiger partial charge < -0.3 is 0 Å². The number of aromatic nitrogens is 3. The molecule has 60 heavy (non-hydrogen) atoms. The fourth-order valence-corrected chi connectivity index (χ4v) is 10.8. The molecule has 2 aromatic heterocycles. The molecule has 0 bridgehead atoms. The zero-order valence-corrected chi connectivity index (χ0v) is 33.3. The lowest BCUT2D eigenvalue weighted by Gasteiger charge is -2.40. The first kappa shape index (κ1) is 34.6. The van der Waals surface area contributed by atoms with Gasteiger partial charge in [0.1, 0.15) is 0 Å². The van der Waals surface area contributed by atoms with Crippen LogP contribution in [0.15, 0.2) is 222 Å². The molecule has 12 rings (SSSR count). The lowest BCUT2D eigenvalue weighted by Crippen LogP contribution is -2.32. The maximum atomic E-state index is 5.29. The van der Waals surface area contributed by atoms with Crippen LogP contribution in [0.1, 0.15) is 22.3 Å². The summed E-state index contributed by atoms with van der Waals surface area (Å²) in [4.78, 5) is 18.0. The topological polar surface area (TPSA) is 38.7 Å². The normalized spacial score (nSPS) is 13.1. The van der Waals surface area contributed by atoms with Gasteiger partial charge in [0.15, 0.2) is 5.82 Å². The van der Waals surface area contributed by atoms with E-state index in [4.69, 9.17) is 15.0 Å². The summed E-state index contributed by atoms with van der Waals surface area (Å²) in [6.45, 7) is 0. The van der Waals surface area contributed by atoms with Crippen molar-refractivity contribution in [2.24, 2.45) is 0 Å². The summed E-state index contributed by atoms with van der Waals surface area (Å²) in [6.07, 6.45) is 1.91. The summed E-state index contributed by atoms with van der Waals surface area (Å²) in [5, 5.41) is 1.14. The minimum absolute atomic E-state index is 0.583. The molecule has 8 aromatic carbocycles. The highest BCUT2D eigenvalue weighted by Gasteiger charge is 2.50. The van der Waals surface area contributed by atoms with Gasteiger partial charge in [0.2, 0.25) is 0 Å². The Morgan fingerprint density at radius 2 is 0.867 bits per heavy atom. The van der Waals surface area contributed by atoms with Crippen molar-refractivity contribution in [2.45, 2.75) is 15.2 Å². The molecule has 0 unspecified atom stereocenters. The van der Waals surface area contributed by atoms with Crippen molar-refractivity contribution in [3.63, 3.8) is 0 Å². The summed E-state index contributed by atoms with van der Waals surface area (Å²) in [7, 11) is 0. The number of nitrogens with zero attached hydrogens (tertiary/aromatic N) is 3. The molecular weight excluding hydrogens is 747 g/mol. The van der Waals surface area contributed by atoms with Crippen molar-refractivity contribution >= 4 is 22.7 Å². The van der Waals surface area contributed by atoms with Crippen LogP contribution in [0.4, 0.5) is 0 Å². The van der Waals surface area contributed by atoms with Gasteiger partial charge in [-0.3, -0.25) is 4.98 Å². The molecule has 1 spiro atoms. The third-order valence-electron chi connectivity index (χ3n) is 12.2. The second-order valence-electron chi connectivity index (χ2n) is 15.5. The zero-order chi connectivity index (χ0) is 39.6. The number of fused-ring (bicyclic) bond motifs is 10. The Labute approximate surface area is 353 Å². The minimum atomic E-state index is -0.583. The lowest BCUT2D eigenvalue weighted by molar-refractivity contribution is 0.723. The van der Waals surface area contributed by atoms with E-state index < -0.39 is 5.41 Å². The van der Waals surface area contributed by atoms with Gasteiger partial charge >= 0.3 is 0 Å². The van der Waals surface area contributed by atoms with Gasteiger partial charge in [-0.2, -0.15) is 0 Å². The molecule has 280 valence electrons. The fourth-order valence-electron chi connectivity index (χ4n) is 9.57. The highest BCUT2D eigenvalue weighted by molar-refractivity contribution is 7.99. The van der Waals surface area contributed by atoms with E-state index in [0.29, 0.717) is 5.82 Å². The van der Waals surface area contributed by atoms with Gasteiger partial charge in [0.25, 0.3) is 0 Å². The van der Waals surface area contributed by atoms with Crippen LogP contribution in [-0.4, -0.2) is 15.0 Å². The molecule has 2 aliphatic rings. The summed E-state index contributed by atoms with van der Waals surface area (Å²) in [5.74, 6) is 0.707. The zero-order valence-electron chi connectivity index (χ0n) is 32.5. The van der Waals surface area contributed by atoms with E-state index >= 15 is 0 Å². The van der Waals surface area contributed by atoms with E-state index in [9.17, 15) is 0 Å². The molecule has 0 saturated heterocycles. The molecule has 4 heteroatoms. The van der Waals surface area contributed by atoms with Gasteiger partial charge in [0, 0.05) is 43.6 Å². The Morgan fingerprint density at radius 3 is 1.53 bits per heavy atom. The predicted molar refractivity (Wildman–Crippen MR) is 246 cm³/mol. The molecule has 3 nitrogen and oxygen atoms in total. The quantitative estimate of drug-likeness (QED) is 0.174. The highest BCUT2D eigenvalue weighted by atomic mass is 32.2. The maximum Gasteiger partial charge on any atom is 0.160 e. The Kier molecular flexibility index (Phi) is 8.00. The van der Waals surface area contributed by atoms with Crippen molar-refractivity contribution in [1.82, 2.24) is 15.0 Å². The Morgan fingerprint density at radius 1 is 0.350 bits per heavy atom. The number of rotatable bonds is 5. The van der Waals surface area contributed by atoms with Crippen LogP contribution in [0.5, 0.6) is 0 Å². The van der Waals surface area contributed by atoms with E-state index in [2.05, 4.69) is 176 Å². The molecule has 1 aliphatic heterocycles. The van der Waals surface area contributed by atoms with E-state index in [1.807, 2.05) is 48.3 Å². The van der Waals surface area contributed by atoms with E-state index in [1.54, 1.807) is 0 Å². The average molecular weight is 782 g/mol. The SMILES string of the molecule is c1ccc(-c2cc(-c3ccc4c(c3)C3(c5ccccc5Sc5ccccc53)c3cc(-c5ccc(-c6ccccc6)c6cccnc56)ccc3-4)nc(-c3ccccc3)n2)cc1. The van der Waals surface area contributed by atoms with Crippen molar-refractivity contribution < 1.29 is 0 Å². The number of pyridine rings is 1. The summed E-state index contributed by atoms with van der Waals surface area (Å²) < 4.78 is 0. The molecule has 10 aromatic rings. The van der Waals surface area contributed by atoms with Crippen LogP contribution in [0.25, 0.3) is 78.2 Å². The average Bonchev–Trinajstić information content (AvgIpc) is 3.61. The van der Waals surface area contributed by atoms with Crippen LogP contribution in [0, 0.1) is 0 Å². The van der Waals surface area contributed by atoms with Crippen molar-refractivity contribution in [3.8, 4) is 67.3 Å². The summed E-state index contributed by atoms with van der Waals surface area (Å²) in [6, 6.07) is 74.3. The molecule has 3 heterocycles. The van der Waals surface area contributed by atoms with Crippen LogP contribution >= 0.6 is 11.8 Å². The third-order valence-corrected chi connectivity index (χ3v) is 13.4. The van der Waals surface area contributed by atoms with Gasteiger partial charge in [-0.25, -0.2) is 9.97 Å². The molecule has 0 amide bonds. The smallest absolute Gasteiger partial charge is 0.160 e. The van der Waals surface area contributed by atoms with Gasteiger partial charge in [-0.05, 0) is 86.5 Å². The minimum Gasteiger partial charge on any atom is -0.256 e. The van der Waals surface area contributed by atoms with Crippen molar-refractivity contribution in [1.29, 1.82) is 0 Å².